The lowest BCUT2D eigenvalue weighted by molar-refractivity contribution is 0.0735. The number of hydrogen-bond donors (Lipinski definition) is 2. The molecule has 7 heteroatoms. The van der Waals surface area contributed by atoms with Gasteiger partial charge in [-0.2, -0.15) is 0 Å². The van der Waals surface area contributed by atoms with Crippen molar-refractivity contribution in [3.05, 3.63) is 52.7 Å². The van der Waals surface area contributed by atoms with Crippen LogP contribution < -0.4 is 11.3 Å². The Kier molecular flexibility index (Phi) is 4.72. The van der Waals surface area contributed by atoms with Crippen LogP contribution in [0.3, 0.4) is 0 Å². The molecule has 1 atom stereocenters. The molecule has 0 spiro atoms. The van der Waals surface area contributed by atoms with Gasteiger partial charge in [-0.3, -0.25) is 4.79 Å². The highest BCUT2D eigenvalue weighted by atomic mass is 35.5. The minimum Gasteiger partial charge on any atom is -0.334 e. The Hall–Kier alpha value is -2.18. The molecule has 1 aromatic carbocycles. The number of hydrogen-bond acceptors (Lipinski definition) is 5. The molecule has 2 aromatic rings. The lowest BCUT2D eigenvalue weighted by atomic mass is 10.1. The lowest BCUT2D eigenvalue weighted by Crippen LogP contribution is -2.30. The van der Waals surface area contributed by atoms with E-state index in [0.29, 0.717) is 10.8 Å². The molecule has 0 saturated heterocycles. The largest absolute Gasteiger partial charge is 0.334 e. The van der Waals surface area contributed by atoms with Gasteiger partial charge in [-0.05, 0) is 36.8 Å². The van der Waals surface area contributed by atoms with Crippen molar-refractivity contribution in [2.24, 2.45) is 5.84 Å². The number of anilines is 1. The van der Waals surface area contributed by atoms with Gasteiger partial charge in [-0.15, -0.1) is 10.2 Å². The summed E-state index contributed by atoms with van der Waals surface area (Å²) >= 11 is 5.87. The second-order valence-electron chi connectivity index (χ2n) is 4.59. The highest BCUT2D eigenvalue weighted by Crippen LogP contribution is 2.22. The van der Waals surface area contributed by atoms with E-state index >= 15 is 0 Å². The van der Waals surface area contributed by atoms with Crippen LogP contribution in [0.4, 0.5) is 5.82 Å². The highest BCUT2D eigenvalue weighted by Gasteiger charge is 2.20. The summed E-state index contributed by atoms with van der Waals surface area (Å²) in [5.41, 5.74) is 3.62. The van der Waals surface area contributed by atoms with Crippen molar-refractivity contribution in [1.82, 2.24) is 15.1 Å². The average Bonchev–Trinajstić information content (AvgIpc) is 2.53. The van der Waals surface area contributed by atoms with E-state index < -0.39 is 0 Å². The number of carbonyl (C=O) groups excluding carboxylic acids is 1. The third-order valence-electron chi connectivity index (χ3n) is 3.29. The molecule has 1 amide bonds. The Balaban J connectivity index is 2.15. The predicted octanol–water partition coefficient (Wildman–Crippen LogP) is 2.25. The van der Waals surface area contributed by atoms with E-state index in [2.05, 4.69) is 15.6 Å². The van der Waals surface area contributed by atoms with Crippen LogP contribution in [0.2, 0.25) is 5.02 Å². The van der Waals surface area contributed by atoms with Crippen LogP contribution in [0.25, 0.3) is 0 Å². The summed E-state index contributed by atoms with van der Waals surface area (Å²) in [5.74, 6) is 5.40. The fraction of sp³-hybridized carbons (Fsp3) is 0.214. The zero-order valence-electron chi connectivity index (χ0n) is 11.7. The molecule has 0 fully saturated rings. The number of halogens is 1. The smallest absolute Gasteiger partial charge is 0.274 e. The molecular weight excluding hydrogens is 290 g/mol. The second kappa shape index (κ2) is 6.51. The molecule has 0 aliphatic heterocycles. The quantitative estimate of drug-likeness (QED) is 0.668. The molecule has 1 aromatic heterocycles. The standard InChI is InChI=1S/C14H16ClN5O/c1-9(10-3-5-11(15)6-4-10)20(2)14(21)12-7-8-13(17-16)19-18-12/h3-9H,16H2,1-2H3,(H,17,19). The van der Waals surface area contributed by atoms with Crippen LogP contribution in [0.5, 0.6) is 0 Å². The minimum atomic E-state index is -0.214. The summed E-state index contributed by atoms with van der Waals surface area (Å²) in [5, 5.41) is 8.31. The molecule has 2 rings (SSSR count). The molecular formula is C14H16ClN5O. The number of benzene rings is 1. The maximum Gasteiger partial charge on any atom is 0.274 e. The average molecular weight is 306 g/mol. The first-order chi connectivity index (χ1) is 10.0. The molecule has 3 N–H and O–H groups in total. The summed E-state index contributed by atoms with van der Waals surface area (Å²) in [7, 11) is 1.72. The van der Waals surface area contributed by atoms with Crippen LogP contribution in [0.1, 0.15) is 29.0 Å². The van der Waals surface area contributed by atoms with E-state index in [0.717, 1.165) is 5.56 Å². The van der Waals surface area contributed by atoms with E-state index in [9.17, 15) is 4.79 Å². The van der Waals surface area contributed by atoms with Crippen molar-refractivity contribution < 1.29 is 4.79 Å². The van der Waals surface area contributed by atoms with Crippen molar-refractivity contribution in [3.63, 3.8) is 0 Å². The number of nitrogens with zero attached hydrogens (tertiary/aromatic N) is 3. The lowest BCUT2D eigenvalue weighted by Gasteiger charge is -2.25. The van der Waals surface area contributed by atoms with Crippen molar-refractivity contribution >= 4 is 23.3 Å². The Morgan fingerprint density at radius 1 is 1.24 bits per heavy atom. The van der Waals surface area contributed by atoms with Crippen LogP contribution in [-0.2, 0) is 0 Å². The van der Waals surface area contributed by atoms with E-state index in [1.165, 1.54) is 0 Å². The number of carbonyl (C=O) groups is 1. The Labute approximate surface area is 127 Å². The first-order valence-electron chi connectivity index (χ1n) is 6.36. The van der Waals surface area contributed by atoms with E-state index in [1.807, 2.05) is 19.1 Å². The molecule has 0 radical (unpaired) electrons. The first-order valence-corrected chi connectivity index (χ1v) is 6.73. The molecule has 6 nitrogen and oxygen atoms in total. The molecule has 0 aliphatic carbocycles. The van der Waals surface area contributed by atoms with Gasteiger partial charge in [0.2, 0.25) is 0 Å². The van der Waals surface area contributed by atoms with Crippen LogP contribution in [0, 0.1) is 0 Å². The number of nitrogen functional groups attached to an aromatic ring is 1. The molecule has 21 heavy (non-hydrogen) atoms. The monoisotopic (exact) mass is 305 g/mol. The van der Waals surface area contributed by atoms with Gasteiger partial charge in [0, 0.05) is 12.1 Å². The summed E-state index contributed by atoms with van der Waals surface area (Å²) < 4.78 is 0. The molecule has 0 aliphatic rings. The van der Waals surface area contributed by atoms with Crippen LogP contribution in [-0.4, -0.2) is 28.1 Å². The highest BCUT2D eigenvalue weighted by molar-refractivity contribution is 6.30. The van der Waals surface area contributed by atoms with Gasteiger partial charge in [-0.25, -0.2) is 5.84 Å². The number of nitrogens with one attached hydrogen (secondary N) is 1. The maximum absolute atomic E-state index is 12.4. The Morgan fingerprint density at radius 2 is 1.90 bits per heavy atom. The van der Waals surface area contributed by atoms with Gasteiger partial charge in [0.25, 0.3) is 5.91 Å². The number of amides is 1. The maximum atomic E-state index is 12.4. The summed E-state index contributed by atoms with van der Waals surface area (Å²) in [6, 6.07) is 10.5. The predicted molar refractivity (Wildman–Crippen MR) is 81.8 cm³/mol. The van der Waals surface area contributed by atoms with Crippen molar-refractivity contribution in [3.8, 4) is 0 Å². The zero-order valence-corrected chi connectivity index (χ0v) is 12.5. The number of hydrazine groups is 1. The van der Waals surface area contributed by atoms with Gasteiger partial charge in [0.1, 0.15) is 0 Å². The number of nitrogens with two attached hydrogens (primary N) is 1. The molecule has 0 saturated carbocycles. The molecule has 0 bridgehead atoms. The van der Waals surface area contributed by atoms with Crippen molar-refractivity contribution in [2.75, 3.05) is 12.5 Å². The van der Waals surface area contributed by atoms with Crippen LogP contribution >= 0.6 is 11.6 Å². The van der Waals surface area contributed by atoms with Gasteiger partial charge in [0.05, 0.1) is 6.04 Å². The first kappa shape index (κ1) is 15.2. The Bertz CT molecular complexity index is 614. The summed E-state index contributed by atoms with van der Waals surface area (Å²) in [6.45, 7) is 1.93. The van der Waals surface area contributed by atoms with Crippen molar-refractivity contribution in [1.29, 1.82) is 0 Å². The van der Waals surface area contributed by atoms with E-state index in [1.54, 1.807) is 36.2 Å². The third-order valence-corrected chi connectivity index (χ3v) is 3.54. The fourth-order valence-corrected chi connectivity index (χ4v) is 1.97. The summed E-state index contributed by atoms with van der Waals surface area (Å²) in [6.07, 6.45) is 0. The molecule has 1 unspecified atom stereocenters. The topological polar surface area (TPSA) is 84.1 Å². The van der Waals surface area contributed by atoms with E-state index in [-0.39, 0.29) is 17.6 Å². The van der Waals surface area contributed by atoms with Gasteiger partial charge < -0.3 is 10.3 Å². The summed E-state index contributed by atoms with van der Waals surface area (Å²) in [4.78, 5) is 14.0. The number of rotatable bonds is 4. The second-order valence-corrected chi connectivity index (χ2v) is 5.03. The minimum absolute atomic E-state index is 0.108. The van der Waals surface area contributed by atoms with E-state index in [4.69, 9.17) is 17.4 Å². The van der Waals surface area contributed by atoms with Gasteiger partial charge >= 0.3 is 0 Å². The normalized spacial score (nSPS) is 11.8. The number of aromatic nitrogens is 2. The molecule has 110 valence electrons. The molecule has 1 heterocycles. The zero-order chi connectivity index (χ0) is 15.4. The third kappa shape index (κ3) is 3.48. The van der Waals surface area contributed by atoms with Gasteiger partial charge in [0.15, 0.2) is 11.5 Å². The van der Waals surface area contributed by atoms with Crippen molar-refractivity contribution in [2.45, 2.75) is 13.0 Å². The Morgan fingerprint density at radius 3 is 2.43 bits per heavy atom. The SMILES string of the molecule is CC(c1ccc(Cl)cc1)N(C)C(=O)c1ccc(NN)nn1. The van der Waals surface area contributed by atoms with Gasteiger partial charge in [-0.1, -0.05) is 23.7 Å². The fourth-order valence-electron chi connectivity index (χ4n) is 1.84. The van der Waals surface area contributed by atoms with Crippen LogP contribution in [0.15, 0.2) is 36.4 Å².